The van der Waals surface area contributed by atoms with Crippen LogP contribution in [0.15, 0.2) is 42.5 Å². The Bertz CT molecular complexity index is 704. The summed E-state index contributed by atoms with van der Waals surface area (Å²) in [6, 6.07) is 13.8. The molecule has 0 aliphatic carbocycles. The van der Waals surface area contributed by atoms with Crippen molar-refractivity contribution in [2.24, 2.45) is 0 Å². The second-order valence-corrected chi connectivity index (χ2v) is 6.08. The van der Waals surface area contributed by atoms with Crippen molar-refractivity contribution in [3.05, 3.63) is 53.6 Å². The van der Waals surface area contributed by atoms with Gasteiger partial charge in [0, 0.05) is 13.1 Å². The molecule has 5 nitrogen and oxygen atoms in total. The quantitative estimate of drug-likeness (QED) is 0.831. The molecule has 2 aromatic rings. The number of rotatable bonds is 6. The van der Waals surface area contributed by atoms with Crippen LogP contribution in [-0.4, -0.2) is 40.0 Å². The fraction of sp³-hybridized carbons (Fsp3) is 0.400. The number of morpholine rings is 1. The van der Waals surface area contributed by atoms with Crippen LogP contribution >= 0.6 is 12.4 Å². The van der Waals surface area contributed by atoms with Gasteiger partial charge < -0.3 is 24.3 Å². The first-order chi connectivity index (χ1) is 12.2. The number of nitrogens with one attached hydrogen (secondary N) is 1. The first-order valence-corrected chi connectivity index (χ1v) is 8.49. The van der Waals surface area contributed by atoms with Crippen molar-refractivity contribution < 1.29 is 18.9 Å². The molecule has 1 unspecified atom stereocenters. The number of hydrogen-bond donors (Lipinski definition) is 1. The van der Waals surface area contributed by atoms with Crippen LogP contribution in [0.4, 0.5) is 0 Å². The second-order valence-electron chi connectivity index (χ2n) is 6.08. The lowest BCUT2D eigenvalue weighted by atomic mass is 10.0. The maximum atomic E-state index is 6.37. The van der Waals surface area contributed by atoms with E-state index in [1.54, 1.807) is 14.2 Å². The molecule has 2 atom stereocenters. The van der Waals surface area contributed by atoms with Crippen molar-refractivity contribution in [1.82, 2.24) is 5.32 Å². The summed E-state index contributed by atoms with van der Waals surface area (Å²) in [7, 11) is 3.32. The summed E-state index contributed by atoms with van der Waals surface area (Å²) in [4.78, 5) is 0. The molecule has 1 heterocycles. The molecule has 1 aliphatic rings. The van der Waals surface area contributed by atoms with E-state index < -0.39 is 0 Å². The lowest BCUT2D eigenvalue weighted by Crippen LogP contribution is -2.43. The molecule has 0 radical (unpaired) electrons. The Hall–Kier alpha value is -1.95. The summed E-state index contributed by atoms with van der Waals surface area (Å²) in [5.41, 5.74) is 2.13. The number of hydrogen-bond acceptors (Lipinski definition) is 5. The first-order valence-electron chi connectivity index (χ1n) is 8.49. The largest absolute Gasteiger partial charge is 0.497 e. The van der Waals surface area contributed by atoms with Crippen LogP contribution in [0.1, 0.15) is 17.2 Å². The van der Waals surface area contributed by atoms with Gasteiger partial charge in [0.15, 0.2) is 17.6 Å². The van der Waals surface area contributed by atoms with E-state index in [1.807, 2.05) is 49.4 Å². The second kappa shape index (κ2) is 9.67. The molecular weight excluding hydrogens is 354 g/mol. The maximum Gasteiger partial charge on any atom is 0.162 e. The van der Waals surface area contributed by atoms with E-state index in [0.29, 0.717) is 12.4 Å². The molecule has 0 aromatic heterocycles. The van der Waals surface area contributed by atoms with Crippen molar-refractivity contribution in [3.63, 3.8) is 0 Å². The normalized spacial score (nSPS) is 17.7. The van der Waals surface area contributed by atoms with Gasteiger partial charge in [-0.1, -0.05) is 18.2 Å². The van der Waals surface area contributed by atoms with Crippen LogP contribution in [-0.2, 0) is 4.74 Å². The molecule has 3 rings (SSSR count). The van der Waals surface area contributed by atoms with Gasteiger partial charge in [-0.3, -0.25) is 0 Å². The molecule has 6 heteroatoms. The third kappa shape index (κ3) is 4.81. The Balaban J connectivity index is 0.00000243. The monoisotopic (exact) mass is 379 g/mol. The predicted octanol–water partition coefficient (Wildman–Crippen LogP) is 3.54. The number of aryl methyl sites for hydroxylation is 1. The first kappa shape index (κ1) is 20.4. The minimum Gasteiger partial charge on any atom is -0.497 e. The lowest BCUT2D eigenvalue weighted by Gasteiger charge is -2.32. The minimum atomic E-state index is -0.264. The Morgan fingerprint density at radius 2 is 1.92 bits per heavy atom. The molecule has 0 saturated carbocycles. The SMILES string of the molecule is COc1cccc(C(Oc2ccc(C)cc2OC)[C@@H]2CNCCO2)c1.Cl. The van der Waals surface area contributed by atoms with E-state index in [0.717, 1.165) is 35.7 Å². The molecule has 0 amide bonds. The molecule has 1 fully saturated rings. The van der Waals surface area contributed by atoms with E-state index >= 15 is 0 Å². The molecule has 142 valence electrons. The molecular formula is C20H26ClNO4. The van der Waals surface area contributed by atoms with Gasteiger partial charge in [0.25, 0.3) is 0 Å². The third-order valence-electron chi connectivity index (χ3n) is 4.29. The molecule has 1 saturated heterocycles. The fourth-order valence-corrected chi connectivity index (χ4v) is 2.97. The van der Waals surface area contributed by atoms with Crippen LogP contribution in [0.3, 0.4) is 0 Å². The lowest BCUT2D eigenvalue weighted by molar-refractivity contribution is -0.0438. The van der Waals surface area contributed by atoms with Gasteiger partial charge in [-0.15, -0.1) is 12.4 Å². The van der Waals surface area contributed by atoms with Crippen molar-refractivity contribution >= 4 is 12.4 Å². The van der Waals surface area contributed by atoms with Gasteiger partial charge >= 0.3 is 0 Å². The number of halogens is 1. The Kier molecular flexibility index (Phi) is 7.57. The minimum absolute atomic E-state index is 0. The topological polar surface area (TPSA) is 49.0 Å². The summed E-state index contributed by atoms with van der Waals surface area (Å²) in [5, 5.41) is 3.37. The van der Waals surface area contributed by atoms with Crippen LogP contribution < -0.4 is 19.5 Å². The van der Waals surface area contributed by atoms with Gasteiger partial charge in [-0.2, -0.15) is 0 Å². The molecule has 1 N–H and O–H groups in total. The molecule has 0 spiro atoms. The number of ether oxygens (including phenoxy) is 4. The highest BCUT2D eigenvalue weighted by Crippen LogP contribution is 2.35. The Morgan fingerprint density at radius 1 is 1.08 bits per heavy atom. The summed E-state index contributed by atoms with van der Waals surface area (Å²) in [5.74, 6) is 2.22. The zero-order chi connectivity index (χ0) is 17.6. The summed E-state index contributed by atoms with van der Waals surface area (Å²) < 4.78 is 23.2. The molecule has 26 heavy (non-hydrogen) atoms. The highest BCUT2D eigenvalue weighted by molar-refractivity contribution is 5.85. The average Bonchev–Trinajstić information content (AvgIpc) is 2.67. The number of methoxy groups -OCH3 is 2. The highest BCUT2D eigenvalue weighted by atomic mass is 35.5. The Morgan fingerprint density at radius 3 is 2.62 bits per heavy atom. The van der Waals surface area contributed by atoms with Crippen LogP contribution in [0.2, 0.25) is 0 Å². The summed E-state index contributed by atoms with van der Waals surface area (Å²) in [6.45, 7) is 4.28. The molecule has 0 bridgehead atoms. The zero-order valence-corrected chi connectivity index (χ0v) is 16.2. The van der Waals surface area contributed by atoms with Crippen molar-refractivity contribution in [2.75, 3.05) is 33.9 Å². The fourth-order valence-electron chi connectivity index (χ4n) is 2.97. The van der Waals surface area contributed by atoms with Crippen molar-refractivity contribution in [1.29, 1.82) is 0 Å². The maximum absolute atomic E-state index is 6.37. The van der Waals surface area contributed by atoms with E-state index in [1.165, 1.54) is 0 Å². The van der Waals surface area contributed by atoms with Crippen LogP contribution in [0.25, 0.3) is 0 Å². The van der Waals surface area contributed by atoms with Crippen LogP contribution in [0.5, 0.6) is 17.2 Å². The predicted molar refractivity (Wildman–Crippen MR) is 104 cm³/mol. The van der Waals surface area contributed by atoms with E-state index in [4.69, 9.17) is 18.9 Å². The van der Waals surface area contributed by atoms with Crippen LogP contribution in [0, 0.1) is 6.92 Å². The average molecular weight is 380 g/mol. The van der Waals surface area contributed by atoms with Crippen molar-refractivity contribution in [2.45, 2.75) is 19.1 Å². The van der Waals surface area contributed by atoms with E-state index in [9.17, 15) is 0 Å². The van der Waals surface area contributed by atoms with Gasteiger partial charge in [0.1, 0.15) is 11.9 Å². The van der Waals surface area contributed by atoms with Gasteiger partial charge in [0.2, 0.25) is 0 Å². The van der Waals surface area contributed by atoms with Gasteiger partial charge in [-0.25, -0.2) is 0 Å². The molecule has 2 aromatic carbocycles. The van der Waals surface area contributed by atoms with Gasteiger partial charge in [0.05, 0.1) is 20.8 Å². The van der Waals surface area contributed by atoms with Gasteiger partial charge in [-0.05, 0) is 42.3 Å². The standard InChI is InChI=1S/C20H25NO4.ClH/c1-14-7-8-17(18(11-14)23-3)25-20(19-13-21-9-10-24-19)15-5-4-6-16(12-15)22-2;/h4-8,11-12,19-21H,9-10,13H2,1-3H3;1H/t19-,20?;/m0./s1. The van der Waals surface area contributed by atoms with Crippen molar-refractivity contribution in [3.8, 4) is 17.2 Å². The smallest absolute Gasteiger partial charge is 0.162 e. The molecule has 1 aliphatic heterocycles. The zero-order valence-electron chi connectivity index (χ0n) is 15.4. The number of benzene rings is 2. The summed E-state index contributed by atoms with van der Waals surface area (Å²) >= 11 is 0. The summed E-state index contributed by atoms with van der Waals surface area (Å²) in [6.07, 6.45) is -0.355. The van der Waals surface area contributed by atoms with E-state index in [2.05, 4.69) is 5.32 Å². The van der Waals surface area contributed by atoms with E-state index in [-0.39, 0.29) is 24.6 Å². The third-order valence-corrected chi connectivity index (χ3v) is 4.29. The highest BCUT2D eigenvalue weighted by Gasteiger charge is 2.29. The Labute approximate surface area is 161 Å².